The molecular formula is C8H11N3OS2. The molecule has 1 aromatic rings. The highest BCUT2D eigenvalue weighted by molar-refractivity contribution is 7.99. The van der Waals surface area contributed by atoms with Gasteiger partial charge in [-0.2, -0.15) is 0 Å². The molecule has 1 atom stereocenters. The van der Waals surface area contributed by atoms with E-state index in [4.69, 9.17) is 0 Å². The summed E-state index contributed by atoms with van der Waals surface area (Å²) in [5, 5.41) is 6.85. The number of aromatic nitrogens is 1. The molecule has 0 spiro atoms. The summed E-state index contributed by atoms with van der Waals surface area (Å²) in [4.78, 5) is 15.7. The van der Waals surface area contributed by atoms with Gasteiger partial charge in [0.25, 0.3) is 0 Å². The van der Waals surface area contributed by atoms with Gasteiger partial charge in [-0.25, -0.2) is 4.98 Å². The molecule has 1 aromatic heterocycles. The first-order chi connectivity index (χ1) is 6.77. The number of thiazole rings is 1. The summed E-state index contributed by atoms with van der Waals surface area (Å²) in [6, 6.07) is -0.0542. The number of hydrogen-bond acceptors (Lipinski definition) is 5. The maximum atomic E-state index is 11.7. The fourth-order valence-electron chi connectivity index (χ4n) is 1.18. The molecule has 0 aromatic carbocycles. The molecule has 1 aliphatic heterocycles. The molecule has 1 saturated heterocycles. The summed E-state index contributed by atoms with van der Waals surface area (Å²) < 4.78 is 0. The molecule has 0 aliphatic carbocycles. The molecule has 2 heterocycles. The van der Waals surface area contributed by atoms with Crippen LogP contribution in [-0.4, -0.2) is 28.6 Å². The van der Waals surface area contributed by atoms with Gasteiger partial charge in [0.15, 0.2) is 0 Å². The van der Waals surface area contributed by atoms with Crippen molar-refractivity contribution in [2.24, 2.45) is 0 Å². The summed E-state index contributed by atoms with van der Waals surface area (Å²) in [5.74, 6) is 1.76. The predicted octanol–water partition coefficient (Wildman–Crippen LogP) is 1.05. The molecule has 1 aliphatic rings. The predicted molar refractivity (Wildman–Crippen MR) is 59.7 cm³/mol. The molecule has 0 radical (unpaired) electrons. The smallest absolute Gasteiger partial charge is 0.243 e. The second kappa shape index (κ2) is 4.29. The van der Waals surface area contributed by atoms with E-state index in [9.17, 15) is 4.79 Å². The molecule has 0 saturated carbocycles. The van der Waals surface area contributed by atoms with Crippen molar-refractivity contribution in [3.8, 4) is 0 Å². The van der Waals surface area contributed by atoms with Gasteiger partial charge in [-0.15, -0.1) is 23.1 Å². The van der Waals surface area contributed by atoms with E-state index >= 15 is 0 Å². The van der Waals surface area contributed by atoms with Gasteiger partial charge in [-0.05, 0) is 6.92 Å². The number of aryl methyl sites for hydroxylation is 1. The van der Waals surface area contributed by atoms with Crippen molar-refractivity contribution in [2.75, 3.05) is 16.9 Å². The molecular weight excluding hydrogens is 218 g/mol. The molecule has 1 fully saturated rings. The van der Waals surface area contributed by atoms with Crippen molar-refractivity contribution in [3.05, 3.63) is 11.2 Å². The van der Waals surface area contributed by atoms with Gasteiger partial charge in [0.05, 0.1) is 17.2 Å². The maximum absolute atomic E-state index is 11.7. The normalized spacial score (nSPS) is 21.1. The van der Waals surface area contributed by atoms with E-state index in [1.54, 1.807) is 17.3 Å². The number of hydrogen-bond donors (Lipinski definition) is 2. The minimum absolute atomic E-state index is 0.0438. The number of nitrogens with one attached hydrogen (secondary N) is 2. The zero-order chi connectivity index (χ0) is 9.97. The van der Waals surface area contributed by atoms with E-state index in [1.165, 1.54) is 11.3 Å². The Labute approximate surface area is 90.5 Å². The van der Waals surface area contributed by atoms with Crippen molar-refractivity contribution < 1.29 is 4.79 Å². The zero-order valence-corrected chi connectivity index (χ0v) is 9.37. The number of rotatable bonds is 2. The van der Waals surface area contributed by atoms with E-state index in [-0.39, 0.29) is 11.9 Å². The lowest BCUT2D eigenvalue weighted by Gasteiger charge is -2.08. The van der Waals surface area contributed by atoms with Crippen LogP contribution in [0.2, 0.25) is 0 Å². The zero-order valence-electron chi connectivity index (χ0n) is 7.74. The second-order valence-electron chi connectivity index (χ2n) is 3.03. The third kappa shape index (κ3) is 2.08. The van der Waals surface area contributed by atoms with Gasteiger partial charge in [0, 0.05) is 11.6 Å². The molecule has 2 N–H and O–H groups in total. The van der Waals surface area contributed by atoms with Crippen molar-refractivity contribution in [1.29, 1.82) is 0 Å². The number of carbonyl (C=O) groups is 1. The van der Waals surface area contributed by atoms with Crippen LogP contribution in [0.15, 0.2) is 5.51 Å². The minimum atomic E-state index is -0.0542. The Morgan fingerprint density at radius 2 is 2.64 bits per heavy atom. The first kappa shape index (κ1) is 9.95. The first-order valence-corrected chi connectivity index (χ1v) is 6.33. The summed E-state index contributed by atoms with van der Waals surface area (Å²) in [6.07, 6.45) is 0. The molecule has 76 valence electrons. The standard InChI is InChI=1S/C8H11N3OS2/c1-5-8(14-4-9-5)11-7(12)6-2-13-3-10-6/h4,6,10H,2-3H2,1H3,(H,11,12). The lowest BCUT2D eigenvalue weighted by atomic mass is 10.3. The van der Waals surface area contributed by atoms with Crippen LogP contribution in [0.1, 0.15) is 5.69 Å². The van der Waals surface area contributed by atoms with Crippen LogP contribution in [0.3, 0.4) is 0 Å². The average Bonchev–Trinajstić information content (AvgIpc) is 2.77. The van der Waals surface area contributed by atoms with Gasteiger partial charge < -0.3 is 5.32 Å². The average molecular weight is 229 g/mol. The van der Waals surface area contributed by atoms with Crippen LogP contribution in [0.4, 0.5) is 5.00 Å². The van der Waals surface area contributed by atoms with Crippen molar-refractivity contribution in [2.45, 2.75) is 13.0 Å². The van der Waals surface area contributed by atoms with E-state index in [1.807, 2.05) is 6.92 Å². The highest BCUT2D eigenvalue weighted by Crippen LogP contribution is 2.20. The maximum Gasteiger partial charge on any atom is 0.243 e. The first-order valence-electron chi connectivity index (χ1n) is 4.29. The van der Waals surface area contributed by atoms with Crippen LogP contribution in [-0.2, 0) is 4.79 Å². The van der Waals surface area contributed by atoms with Crippen LogP contribution in [0, 0.1) is 6.92 Å². The molecule has 4 nitrogen and oxygen atoms in total. The third-order valence-electron chi connectivity index (χ3n) is 2.02. The van der Waals surface area contributed by atoms with Crippen LogP contribution in [0.25, 0.3) is 0 Å². The van der Waals surface area contributed by atoms with E-state index < -0.39 is 0 Å². The third-order valence-corrected chi connectivity index (χ3v) is 3.80. The Kier molecular flexibility index (Phi) is 3.05. The Morgan fingerprint density at radius 1 is 1.79 bits per heavy atom. The summed E-state index contributed by atoms with van der Waals surface area (Å²) in [6.45, 7) is 1.89. The van der Waals surface area contributed by atoms with E-state index in [0.29, 0.717) is 0 Å². The molecule has 1 unspecified atom stereocenters. The van der Waals surface area contributed by atoms with Crippen LogP contribution >= 0.6 is 23.1 Å². The minimum Gasteiger partial charge on any atom is -0.315 e. The van der Waals surface area contributed by atoms with Crippen LogP contribution in [0.5, 0.6) is 0 Å². The molecule has 0 bridgehead atoms. The van der Waals surface area contributed by atoms with Crippen molar-refractivity contribution in [1.82, 2.24) is 10.3 Å². The summed E-state index contributed by atoms with van der Waals surface area (Å²) >= 11 is 3.20. The molecule has 2 rings (SSSR count). The van der Waals surface area contributed by atoms with Gasteiger partial charge in [-0.3, -0.25) is 10.1 Å². The lowest BCUT2D eigenvalue weighted by molar-refractivity contribution is -0.117. The van der Waals surface area contributed by atoms with E-state index in [2.05, 4.69) is 15.6 Å². The molecule has 14 heavy (non-hydrogen) atoms. The Bertz CT molecular complexity index is 333. The van der Waals surface area contributed by atoms with Crippen LogP contribution < -0.4 is 10.6 Å². The summed E-state index contributed by atoms with van der Waals surface area (Å²) in [7, 11) is 0. The number of carbonyl (C=O) groups excluding carboxylic acids is 1. The van der Waals surface area contributed by atoms with Gasteiger partial charge in [0.1, 0.15) is 5.00 Å². The number of thioether (sulfide) groups is 1. The molecule has 6 heteroatoms. The largest absolute Gasteiger partial charge is 0.315 e. The van der Waals surface area contributed by atoms with Gasteiger partial charge in [-0.1, -0.05) is 0 Å². The number of anilines is 1. The second-order valence-corrected chi connectivity index (χ2v) is 4.91. The fraction of sp³-hybridized carbons (Fsp3) is 0.500. The number of amides is 1. The van der Waals surface area contributed by atoms with Crippen molar-refractivity contribution >= 4 is 34.0 Å². The molecule has 1 amide bonds. The summed E-state index contributed by atoms with van der Waals surface area (Å²) in [5.41, 5.74) is 2.62. The lowest BCUT2D eigenvalue weighted by Crippen LogP contribution is -2.37. The quantitative estimate of drug-likeness (QED) is 0.796. The topological polar surface area (TPSA) is 54.0 Å². The Hall–Kier alpha value is -0.590. The Morgan fingerprint density at radius 3 is 3.21 bits per heavy atom. The van der Waals surface area contributed by atoms with E-state index in [0.717, 1.165) is 22.3 Å². The van der Waals surface area contributed by atoms with Crippen molar-refractivity contribution in [3.63, 3.8) is 0 Å². The highest BCUT2D eigenvalue weighted by Gasteiger charge is 2.23. The monoisotopic (exact) mass is 229 g/mol. The SMILES string of the molecule is Cc1ncsc1NC(=O)C1CSCN1. The van der Waals surface area contributed by atoms with Gasteiger partial charge >= 0.3 is 0 Å². The fourth-order valence-corrected chi connectivity index (χ4v) is 2.83. The van der Waals surface area contributed by atoms with Gasteiger partial charge in [0.2, 0.25) is 5.91 Å². The Balaban J connectivity index is 1.97. The highest BCUT2D eigenvalue weighted by atomic mass is 32.2. The number of nitrogens with zero attached hydrogens (tertiary/aromatic N) is 1.